The van der Waals surface area contributed by atoms with Crippen molar-refractivity contribution in [1.82, 2.24) is 14.1 Å². The van der Waals surface area contributed by atoms with Gasteiger partial charge in [-0.05, 0) is 17.7 Å². The molecule has 2 aliphatic rings. The summed E-state index contributed by atoms with van der Waals surface area (Å²) in [5.41, 5.74) is 18.7. The van der Waals surface area contributed by atoms with Gasteiger partial charge in [0.05, 0.1) is 0 Å². The molecule has 10 aromatic rings. The van der Waals surface area contributed by atoms with Gasteiger partial charge in [-0.15, -0.1) is 0 Å². The SMILES string of the molecule is CC(C)(C)c1cc(-c2cccc(-c3ccccc3)c2-n2[c](=[Pt])n(-c3cccc(Oc4cccc(N5B6c7ccccc7-c7ccccc7N6c6ccccc65)n4)c3)c3ccccc32)cc(C(C)(C)C)c1. The van der Waals surface area contributed by atoms with Gasteiger partial charge >= 0.3 is 341 Å². The molecule has 8 aromatic carbocycles. The Morgan fingerprint density at radius 3 is 1.73 bits per heavy atom. The quantitative estimate of drug-likeness (QED) is 0.149. The molecule has 8 heteroatoms. The van der Waals surface area contributed by atoms with E-state index in [2.05, 4.69) is 268 Å². The maximum absolute atomic E-state index is 6.79. The van der Waals surface area contributed by atoms with Crippen LogP contribution in [-0.4, -0.2) is 21.1 Å². The van der Waals surface area contributed by atoms with Crippen LogP contribution in [0.15, 0.2) is 206 Å². The van der Waals surface area contributed by atoms with E-state index in [9.17, 15) is 0 Å². The third-order valence-electron chi connectivity index (χ3n) is 13.9. The van der Waals surface area contributed by atoms with Crippen molar-refractivity contribution in [2.24, 2.45) is 0 Å². The molecule has 0 spiro atoms. The number of pyridine rings is 1. The van der Waals surface area contributed by atoms with E-state index in [1.807, 2.05) is 18.2 Å². The van der Waals surface area contributed by atoms with Gasteiger partial charge in [-0.25, -0.2) is 0 Å². The molecule has 2 aliphatic heterocycles. The Labute approximate surface area is 421 Å². The molecule has 0 unspecified atom stereocenters. The van der Waals surface area contributed by atoms with E-state index in [0.29, 0.717) is 11.6 Å². The summed E-state index contributed by atoms with van der Waals surface area (Å²) in [6.45, 7) is 13.7. The third kappa shape index (κ3) is 7.38. The Hall–Kier alpha value is -7.47. The van der Waals surface area contributed by atoms with Gasteiger partial charge in [0, 0.05) is 11.3 Å². The van der Waals surface area contributed by atoms with Crippen LogP contribution in [0.1, 0.15) is 52.7 Å². The molecule has 4 heterocycles. The van der Waals surface area contributed by atoms with Crippen LogP contribution in [-0.2, 0) is 30.2 Å². The van der Waals surface area contributed by atoms with Crippen LogP contribution >= 0.6 is 0 Å². The first kappa shape index (κ1) is 43.8. The Morgan fingerprint density at radius 1 is 0.457 bits per heavy atom. The van der Waals surface area contributed by atoms with Crippen molar-refractivity contribution in [2.75, 3.05) is 9.62 Å². The second-order valence-electron chi connectivity index (χ2n) is 20.4. The van der Waals surface area contributed by atoms with Crippen LogP contribution in [0.5, 0.6) is 11.6 Å². The molecule has 70 heavy (non-hydrogen) atoms. The molecule has 0 amide bonds. The topological polar surface area (TPSA) is 38.5 Å². The number of anilines is 4. The monoisotopic (exact) mass is 1090 g/mol. The number of hydrogen-bond donors (Lipinski definition) is 0. The molecule has 0 radical (unpaired) electrons. The number of nitrogens with zero attached hydrogens (tertiary/aromatic N) is 5. The fraction of sp³-hybridized carbons (Fsp3) is 0.129. The Bertz CT molecular complexity index is 3700. The number of para-hydroxylation sites is 6. The number of imidazole rings is 1. The van der Waals surface area contributed by atoms with Gasteiger partial charge in [0.15, 0.2) is 0 Å². The number of benzene rings is 8. The third-order valence-corrected chi connectivity index (χ3v) is 14.9. The number of rotatable bonds is 7. The summed E-state index contributed by atoms with van der Waals surface area (Å²) in [7, 11) is 0. The molecule has 2 aromatic heterocycles. The molecule has 344 valence electrons. The molecule has 0 atom stereocenters. The molecular weight excluding hydrogens is 1040 g/mol. The molecular formula is C62H52BN5OPt. The summed E-state index contributed by atoms with van der Waals surface area (Å²) < 4.78 is 12.6. The van der Waals surface area contributed by atoms with Crippen LogP contribution in [0.3, 0.4) is 0 Å². The Morgan fingerprint density at radius 2 is 1.01 bits per heavy atom. The van der Waals surface area contributed by atoms with Gasteiger partial charge in [-0.3, -0.25) is 0 Å². The molecule has 0 N–H and O–H groups in total. The predicted octanol–water partition coefficient (Wildman–Crippen LogP) is 15.3. The fourth-order valence-corrected chi connectivity index (χ4v) is 11.5. The average molecular weight is 1090 g/mol. The zero-order valence-electron chi connectivity index (χ0n) is 40.2. The molecule has 12 rings (SSSR count). The van der Waals surface area contributed by atoms with E-state index in [0.717, 1.165) is 54.5 Å². The molecule has 0 saturated heterocycles. The predicted molar refractivity (Wildman–Crippen MR) is 286 cm³/mol. The Balaban J connectivity index is 0.970. The molecule has 0 aliphatic carbocycles. The van der Waals surface area contributed by atoms with E-state index in [4.69, 9.17) is 9.72 Å². The normalized spacial score (nSPS) is 13.0. The molecule has 0 fully saturated rings. The van der Waals surface area contributed by atoms with Gasteiger partial charge in [0.2, 0.25) is 0 Å². The second kappa shape index (κ2) is 16.9. The summed E-state index contributed by atoms with van der Waals surface area (Å²) in [6.07, 6.45) is 0. The molecule has 0 saturated carbocycles. The van der Waals surface area contributed by atoms with Crippen LogP contribution in [0.25, 0.3) is 55.8 Å². The van der Waals surface area contributed by atoms with Gasteiger partial charge in [-0.1, -0.05) is 54.6 Å². The Kier molecular flexibility index (Phi) is 10.6. The van der Waals surface area contributed by atoms with Crippen molar-refractivity contribution >= 4 is 46.4 Å². The van der Waals surface area contributed by atoms with E-state index in [-0.39, 0.29) is 17.8 Å². The van der Waals surface area contributed by atoms with Crippen LogP contribution in [0, 0.1) is 3.80 Å². The van der Waals surface area contributed by atoms with Gasteiger partial charge < -0.3 is 0 Å². The summed E-state index contributed by atoms with van der Waals surface area (Å²) in [4.78, 5) is 10.1. The first-order chi connectivity index (χ1) is 33.9. The summed E-state index contributed by atoms with van der Waals surface area (Å²) in [5.74, 6) is 2.03. The number of aromatic nitrogens is 3. The minimum absolute atomic E-state index is 0.0375. The first-order valence-electron chi connectivity index (χ1n) is 24.1. The summed E-state index contributed by atoms with van der Waals surface area (Å²) in [5, 5.41) is 0. The molecule has 0 bridgehead atoms. The van der Waals surface area contributed by atoms with Crippen molar-refractivity contribution in [2.45, 2.75) is 52.4 Å². The maximum atomic E-state index is 6.79. The van der Waals surface area contributed by atoms with Gasteiger partial charge in [-0.2, -0.15) is 0 Å². The first-order valence-corrected chi connectivity index (χ1v) is 25.2. The van der Waals surface area contributed by atoms with E-state index >= 15 is 0 Å². The van der Waals surface area contributed by atoms with E-state index < -0.39 is 0 Å². The number of fused-ring (bicyclic) bond motifs is 9. The van der Waals surface area contributed by atoms with Crippen molar-refractivity contribution in [3.05, 3.63) is 221 Å². The number of hydrogen-bond acceptors (Lipinski definition) is 4. The minimum atomic E-state index is -0.124. The zero-order valence-corrected chi connectivity index (χ0v) is 42.4. The van der Waals surface area contributed by atoms with Crippen molar-refractivity contribution < 1.29 is 24.1 Å². The fourth-order valence-electron chi connectivity index (χ4n) is 10.4. The summed E-state index contributed by atoms with van der Waals surface area (Å²) >= 11 is 2.53. The van der Waals surface area contributed by atoms with E-state index in [1.165, 1.54) is 44.5 Å². The van der Waals surface area contributed by atoms with Gasteiger partial charge in [0.1, 0.15) is 0 Å². The second-order valence-corrected chi connectivity index (χ2v) is 21.4. The number of ether oxygens (including phenoxy) is 1. The van der Waals surface area contributed by atoms with Crippen LogP contribution < -0.4 is 19.8 Å². The van der Waals surface area contributed by atoms with E-state index in [1.54, 1.807) is 0 Å². The zero-order chi connectivity index (χ0) is 47.9. The van der Waals surface area contributed by atoms with Crippen molar-refractivity contribution in [3.63, 3.8) is 0 Å². The standard InChI is InChI=1S/C62H52BN5O.Pt/c1-61(2,3)44-37-43(38-45(39-44)62(4,5)6)49-28-19-27-48(42-21-8-7-9-22-42)60(49)66-41-65(54-31-14-15-32-55(54)66)46-23-18-24-47(40-46)69-59-36-20-35-58(64-59)68-57-34-17-16-33-56(57)67-53-30-13-11-26-51(53)50-25-10-12-29-52(50)63(67)68;/h7-40H,1-6H3;. The van der Waals surface area contributed by atoms with Crippen LogP contribution in [0.4, 0.5) is 22.9 Å². The average Bonchev–Trinajstić information content (AvgIpc) is 3.88. The summed E-state index contributed by atoms with van der Waals surface area (Å²) in [6, 6.07) is 74.1. The van der Waals surface area contributed by atoms with Crippen molar-refractivity contribution in [1.29, 1.82) is 0 Å². The van der Waals surface area contributed by atoms with Crippen molar-refractivity contribution in [3.8, 4) is 56.4 Å². The van der Waals surface area contributed by atoms with Gasteiger partial charge in [0.25, 0.3) is 0 Å². The molecule has 6 nitrogen and oxygen atoms in total. The van der Waals surface area contributed by atoms with Crippen LogP contribution in [0.2, 0.25) is 0 Å².